The number of carbonyl (C=O) groups is 1. The minimum Gasteiger partial charge on any atom is -0.448 e. The molecule has 96 valence electrons. The lowest BCUT2D eigenvalue weighted by molar-refractivity contribution is -0.139. The molecule has 2 aromatic carbocycles. The lowest BCUT2D eigenvalue weighted by Gasteiger charge is -2.14. The topological polar surface area (TPSA) is 50.1 Å². The first kappa shape index (κ1) is 12.2. The zero-order valence-corrected chi connectivity index (χ0v) is 10.6. The van der Waals surface area contributed by atoms with Crippen molar-refractivity contribution in [2.75, 3.05) is 0 Å². The Kier molecular flexibility index (Phi) is 3.06. The van der Waals surface area contributed by atoms with Crippen LogP contribution in [-0.2, 0) is 9.53 Å². The number of benzene rings is 2. The Labute approximate surface area is 116 Å². The van der Waals surface area contributed by atoms with Gasteiger partial charge in [-0.15, -0.1) is 0 Å². The minimum atomic E-state index is -0.555. The maximum absolute atomic E-state index is 11.9. The average Bonchev–Trinajstić information content (AvgIpc) is 2.85. The first-order valence-electron chi connectivity index (χ1n) is 6.27. The van der Waals surface area contributed by atoms with Crippen LogP contribution in [0.3, 0.4) is 0 Å². The standard InChI is InChI=1S/C17H11NO2/c18-11-14-15(12-7-3-1-4-8-12)16(20-17(14)19)13-9-5-2-6-10-13/h1-10,16H/t16-/m1/s1. The van der Waals surface area contributed by atoms with Gasteiger partial charge in [-0.25, -0.2) is 4.79 Å². The van der Waals surface area contributed by atoms with Gasteiger partial charge in [-0.3, -0.25) is 0 Å². The van der Waals surface area contributed by atoms with Crippen LogP contribution in [0.1, 0.15) is 17.2 Å². The zero-order chi connectivity index (χ0) is 13.9. The highest BCUT2D eigenvalue weighted by molar-refractivity contribution is 6.06. The lowest BCUT2D eigenvalue weighted by atomic mass is 9.93. The van der Waals surface area contributed by atoms with E-state index in [9.17, 15) is 10.1 Å². The van der Waals surface area contributed by atoms with Crippen molar-refractivity contribution in [3.8, 4) is 6.07 Å². The van der Waals surface area contributed by atoms with E-state index in [-0.39, 0.29) is 5.57 Å². The van der Waals surface area contributed by atoms with Crippen LogP contribution in [0, 0.1) is 11.3 Å². The van der Waals surface area contributed by atoms with Gasteiger partial charge < -0.3 is 4.74 Å². The summed E-state index contributed by atoms with van der Waals surface area (Å²) in [7, 11) is 0. The highest BCUT2D eigenvalue weighted by Gasteiger charge is 2.35. The molecule has 0 unspecified atom stereocenters. The monoisotopic (exact) mass is 261 g/mol. The van der Waals surface area contributed by atoms with Crippen molar-refractivity contribution in [3.63, 3.8) is 0 Å². The number of esters is 1. The van der Waals surface area contributed by atoms with Crippen LogP contribution in [0.5, 0.6) is 0 Å². The molecular weight excluding hydrogens is 250 g/mol. The molecule has 0 saturated heterocycles. The SMILES string of the molecule is N#CC1=C(c2ccccc2)[C@@H](c2ccccc2)OC1=O. The van der Waals surface area contributed by atoms with Gasteiger partial charge in [0.05, 0.1) is 0 Å². The molecule has 0 fully saturated rings. The molecular formula is C17H11NO2. The second kappa shape index (κ2) is 5.02. The van der Waals surface area contributed by atoms with Gasteiger partial charge in [0, 0.05) is 5.57 Å². The third-order valence-electron chi connectivity index (χ3n) is 3.26. The normalized spacial score (nSPS) is 17.8. The number of cyclic esters (lactones) is 1. The molecule has 0 N–H and O–H groups in total. The summed E-state index contributed by atoms with van der Waals surface area (Å²) in [6, 6.07) is 20.8. The Bertz CT molecular complexity index is 712. The molecule has 0 aliphatic carbocycles. The van der Waals surface area contributed by atoms with Crippen molar-refractivity contribution in [3.05, 3.63) is 77.4 Å². The fourth-order valence-electron chi connectivity index (χ4n) is 2.35. The second-order valence-electron chi connectivity index (χ2n) is 4.46. The van der Waals surface area contributed by atoms with Crippen LogP contribution in [0.25, 0.3) is 5.57 Å². The van der Waals surface area contributed by atoms with E-state index in [2.05, 4.69) is 0 Å². The van der Waals surface area contributed by atoms with Crippen LogP contribution >= 0.6 is 0 Å². The molecule has 1 aliphatic heterocycles. The summed E-state index contributed by atoms with van der Waals surface area (Å²) in [4.78, 5) is 11.9. The maximum Gasteiger partial charge on any atom is 0.350 e. The number of carbonyl (C=O) groups excluding carboxylic acids is 1. The van der Waals surface area contributed by atoms with E-state index >= 15 is 0 Å². The largest absolute Gasteiger partial charge is 0.448 e. The molecule has 3 heteroatoms. The van der Waals surface area contributed by atoms with E-state index in [1.165, 1.54) is 0 Å². The first-order chi connectivity index (χ1) is 9.81. The van der Waals surface area contributed by atoms with Gasteiger partial charge in [-0.2, -0.15) is 5.26 Å². The molecule has 0 saturated carbocycles. The number of rotatable bonds is 2. The molecule has 0 amide bonds. The third kappa shape index (κ3) is 1.98. The van der Waals surface area contributed by atoms with E-state index in [0.717, 1.165) is 11.1 Å². The molecule has 3 nitrogen and oxygen atoms in total. The van der Waals surface area contributed by atoms with Crippen LogP contribution in [-0.4, -0.2) is 5.97 Å². The Morgan fingerprint density at radius 2 is 1.55 bits per heavy atom. The van der Waals surface area contributed by atoms with E-state index in [1.54, 1.807) is 0 Å². The summed E-state index contributed by atoms with van der Waals surface area (Å²) in [6.45, 7) is 0. The summed E-state index contributed by atoms with van der Waals surface area (Å²) in [6.07, 6.45) is -0.513. The van der Waals surface area contributed by atoms with Crippen LogP contribution in [0.15, 0.2) is 66.2 Å². The first-order valence-corrected chi connectivity index (χ1v) is 6.27. The van der Waals surface area contributed by atoms with Gasteiger partial charge in [0.25, 0.3) is 0 Å². The highest BCUT2D eigenvalue weighted by Crippen LogP contribution is 2.41. The Hall–Kier alpha value is -2.86. The van der Waals surface area contributed by atoms with Gasteiger partial charge in [-0.1, -0.05) is 60.7 Å². The van der Waals surface area contributed by atoms with E-state index < -0.39 is 12.1 Å². The van der Waals surface area contributed by atoms with Crippen molar-refractivity contribution in [2.24, 2.45) is 0 Å². The summed E-state index contributed by atoms with van der Waals surface area (Å²) < 4.78 is 5.38. The average molecular weight is 261 g/mol. The number of hydrogen-bond donors (Lipinski definition) is 0. The molecule has 0 bridgehead atoms. The van der Waals surface area contributed by atoms with Crippen LogP contribution in [0.2, 0.25) is 0 Å². The molecule has 1 aliphatic rings. The van der Waals surface area contributed by atoms with E-state index in [1.807, 2.05) is 66.7 Å². The fourth-order valence-corrected chi connectivity index (χ4v) is 2.35. The molecule has 3 rings (SSSR count). The van der Waals surface area contributed by atoms with Crippen molar-refractivity contribution in [2.45, 2.75) is 6.10 Å². The molecule has 0 aromatic heterocycles. The van der Waals surface area contributed by atoms with Gasteiger partial charge in [0.2, 0.25) is 0 Å². The molecule has 20 heavy (non-hydrogen) atoms. The minimum absolute atomic E-state index is 0.0880. The fraction of sp³-hybridized carbons (Fsp3) is 0.0588. The highest BCUT2D eigenvalue weighted by atomic mass is 16.5. The summed E-state index contributed by atoms with van der Waals surface area (Å²) in [5, 5.41) is 9.22. The summed E-state index contributed by atoms with van der Waals surface area (Å²) >= 11 is 0. The van der Waals surface area contributed by atoms with Crippen molar-refractivity contribution in [1.29, 1.82) is 5.26 Å². The predicted molar refractivity (Wildman–Crippen MR) is 74.3 cm³/mol. The lowest BCUT2D eigenvalue weighted by Crippen LogP contribution is -2.03. The number of nitrogens with zero attached hydrogens (tertiary/aromatic N) is 1. The van der Waals surface area contributed by atoms with E-state index in [4.69, 9.17) is 4.74 Å². The third-order valence-corrected chi connectivity index (χ3v) is 3.26. The zero-order valence-electron chi connectivity index (χ0n) is 10.6. The van der Waals surface area contributed by atoms with E-state index in [0.29, 0.717) is 5.57 Å². The summed E-state index contributed by atoms with van der Waals surface area (Å²) in [5.41, 5.74) is 2.43. The van der Waals surface area contributed by atoms with Crippen molar-refractivity contribution >= 4 is 11.5 Å². The second-order valence-corrected chi connectivity index (χ2v) is 4.46. The van der Waals surface area contributed by atoms with Gasteiger partial charge in [0.15, 0.2) is 6.10 Å². The summed E-state index contributed by atoms with van der Waals surface area (Å²) in [5.74, 6) is -0.555. The van der Waals surface area contributed by atoms with Crippen LogP contribution < -0.4 is 0 Å². The van der Waals surface area contributed by atoms with Crippen LogP contribution in [0.4, 0.5) is 0 Å². The number of nitriles is 1. The Balaban J connectivity index is 2.16. The maximum atomic E-state index is 11.9. The van der Waals surface area contributed by atoms with Crippen molar-refractivity contribution < 1.29 is 9.53 Å². The molecule has 1 heterocycles. The molecule has 0 spiro atoms. The van der Waals surface area contributed by atoms with Crippen molar-refractivity contribution in [1.82, 2.24) is 0 Å². The quantitative estimate of drug-likeness (QED) is 0.779. The predicted octanol–water partition coefficient (Wildman–Crippen LogP) is 3.26. The Morgan fingerprint density at radius 1 is 0.950 bits per heavy atom. The van der Waals surface area contributed by atoms with Gasteiger partial charge in [-0.05, 0) is 11.1 Å². The van der Waals surface area contributed by atoms with Gasteiger partial charge in [0.1, 0.15) is 11.6 Å². The number of ether oxygens (including phenoxy) is 1. The number of hydrogen-bond acceptors (Lipinski definition) is 3. The molecule has 0 radical (unpaired) electrons. The molecule has 2 aromatic rings. The van der Waals surface area contributed by atoms with Gasteiger partial charge >= 0.3 is 5.97 Å². The smallest absolute Gasteiger partial charge is 0.350 e. The molecule has 1 atom stereocenters. The Morgan fingerprint density at radius 3 is 2.15 bits per heavy atom.